The lowest BCUT2D eigenvalue weighted by molar-refractivity contribution is -0.132. The molecule has 0 radical (unpaired) electrons. The van der Waals surface area contributed by atoms with E-state index < -0.39 is 0 Å². The second kappa shape index (κ2) is 12.0. The quantitative estimate of drug-likeness (QED) is 0.462. The highest BCUT2D eigenvalue weighted by molar-refractivity contribution is 6.30. The average molecular weight is 506 g/mol. The van der Waals surface area contributed by atoms with E-state index in [0.29, 0.717) is 30.2 Å². The Bertz CT molecular complexity index is 1150. The molecule has 36 heavy (non-hydrogen) atoms. The van der Waals surface area contributed by atoms with Crippen LogP contribution in [0.3, 0.4) is 0 Å². The molecule has 0 spiro atoms. The number of hydrogen-bond donors (Lipinski definition) is 0. The van der Waals surface area contributed by atoms with Crippen molar-refractivity contribution in [1.29, 1.82) is 0 Å². The van der Waals surface area contributed by atoms with E-state index in [4.69, 9.17) is 11.6 Å². The third-order valence-corrected chi connectivity index (χ3v) is 6.93. The number of carbonyl (C=O) groups is 2. The van der Waals surface area contributed by atoms with Gasteiger partial charge in [0.05, 0.1) is 5.69 Å². The van der Waals surface area contributed by atoms with Crippen molar-refractivity contribution < 1.29 is 9.59 Å². The van der Waals surface area contributed by atoms with Crippen molar-refractivity contribution >= 4 is 29.2 Å². The fraction of sp³-hybridized carbons (Fsp3) is 0.357. The maximum Gasteiger partial charge on any atom is 0.254 e. The Morgan fingerprint density at radius 1 is 0.944 bits per heavy atom. The first kappa shape index (κ1) is 25.6. The number of hydrogen-bond acceptors (Lipinski definition) is 5. The van der Waals surface area contributed by atoms with E-state index in [9.17, 15) is 9.59 Å². The van der Waals surface area contributed by atoms with Crippen LogP contribution in [-0.2, 0) is 4.79 Å². The van der Waals surface area contributed by atoms with Crippen LogP contribution in [0.2, 0.25) is 5.02 Å². The van der Waals surface area contributed by atoms with E-state index in [1.807, 2.05) is 61.2 Å². The number of amides is 2. The second-order valence-corrected chi connectivity index (χ2v) is 9.50. The maximum absolute atomic E-state index is 13.3. The molecule has 1 atom stereocenters. The SMILES string of the molecule is CC[C@H](C)N(CC(=O)N1CCCN(c2ccc(-c3ccccc3)nn2)CC1)C(=O)c1ccc(Cl)cc1. The van der Waals surface area contributed by atoms with E-state index in [2.05, 4.69) is 15.1 Å². The number of aromatic nitrogens is 2. The molecule has 0 aliphatic carbocycles. The van der Waals surface area contributed by atoms with Gasteiger partial charge in [-0.3, -0.25) is 9.59 Å². The van der Waals surface area contributed by atoms with Crippen LogP contribution in [0.15, 0.2) is 66.7 Å². The summed E-state index contributed by atoms with van der Waals surface area (Å²) in [5.41, 5.74) is 2.40. The Labute approximate surface area is 217 Å². The average Bonchev–Trinajstić information content (AvgIpc) is 3.18. The molecule has 1 fully saturated rings. The molecule has 1 aliphatic rings. The van der Waals surface area contributed by atoms with Crippen LogP contribution in [0.4, 0.5) is 5.82 Å². The Morgan fingerprint density at radius 2 is 1.69 bits per heavy atom. The van der Waals surface area contributed by atoms with Crippen LogP contribution in [0.5, 0.6) is 0 Å². The van der Waals surface area contributed by atoms with Gasteiger partial charge in [0.2, 0.25) is 5.91 Å². The minimum atomic E-state index is -0.153. The molecule has 2 aromatic carbocycles. The molecule has 2 heterocycles. The van der Waals surface area contributed by atoms with Gasteiger partial charge < -0.3 is 14.7 Å². The van der Waals surface area contributed by atoms with Crippen molar-refractivity contribution in [1.82, 2.24) is 20.0 Å². The molecule has 188 valence electrons. The minimum Gasteiger partial charge on any atom is -0.353 e. The molecule has 8 heteroatoms. The fourth-order valence-corrected chi connectivity index (χ4v) is 4.43. The lowest BCUT2D eigenvalue weighted by atomic mass is 10.1. The number of benzene rings is 2. The zero-order chi connectivity index (χ0) is 25.5. The molecule has 1 saturated heterocycles. The molecule has 2 amide bonds. The zero-order valence-corrected chi connectivity index (χ0v) is 21.6. The van der Waals surface area contributed by atoms with Gasteiger partial charge in [-0.2, -0.15) is 0 Å². The monoisotopic (exact) mass is 505 g/mol. The van der Waals surface area contributed by atoms with Crippen molar-refractivity contribution in [2.45, 2.75) is 32.7 Å². The van der Waals surface area contributed by atoms with Crippen LogP contribution in [-0.4, -0.2) is 70.6 Å². The highest BCUT2D eigenvalue weighted by atomic mass is 35.5. The first-order valence-electron chi connectivity index (χ1n) is 12.4. The summed E-state index contributed by atoms with van der Waals surface area (Å²) >= 11 is 5.98. The van der Waals surface area contributed by atoms with E-state index in [1.54, 1.807) is 29.2 Å². The summed E-state index contributed by atoms with van der Waals surface area (Å²) in [4.78, 5) is 32.2. The zero-order valence-electron chi connectivity index (χ0n) is 20.8. The van der Waals surface area contributed by atoms with Crippen molar-refractivity contribution in [2.75, 3.05) is 37.6 Å². The summed E-state index contributed by atoms with van der Waals surface area (Å²) in [6.45, 7) is 6.73. The van der Waals surface area contributed by atoms with Crippen molar-refractivity contribution in [3.63, 3.8) is 0 Å². The molecule has 1 aliphatic heterocycles. The largest absolute Gasteiger partial charge is 0.353 e. The highest BCUT2D eigenvalue weighted by Crippen LogP contribution is 2.20. The first-order valence-corrected chi connectivity index (χ1v) is 12.8. The molecule has 4 rings (SSSR count). The van der Waals surface area contributed by atoms with Crippen LogP contribution in [0.25, 0.3) is 11.3 Å². The lowest BCUT2D eigenvalue weighted by Gasteiger charge is -2.31. The van der Waals surface area contributed by atoms with Gasteiger partial charge in [-0.25, -0.2) is 0 Å². The van der Waals surface area contributed by atoms with Gasteiger partial charge in [0.15, 0.2) is 5.82 Å². The van der Waals surface area contributed by atoms with Gasteiger partial charge in [-0.05, 0) is 56.2 Å². The van der Waals surface area contributed by atoms with E-state index in [-0.39, 0.29) is 24.4 Å². The van der Waals surface area contributed by atoms with Gasteiger partial charge in [0, 0.05) is 48.4 Å². The van der Waals surface area contributed by atoms with Gasteiger partial charge in [0.1, 0.15) is 6.54 Å². The summed E-state index contributed by atoms with van der Waals surface area (Å²) in [5.74, 6) is 0.618. The van der Waals surface area contributed by atoms with E-state index in [0.717, 1.165) is 36.5 Å². The Hall–Kier alpha value is -3.45. The Kier molecular flexibility index (Phi) is 8.54. The number of rotatable bonds is 7. The van der Waals surface area contributed by atoms with Gasteiger partial charge >= 0.3 is 0 Å². The molecular weight excluding hydrogens is 474 g/mol. The van der Waals surface area contributed by atoms with Gasteiger partial charge in [-0.1, -0.05) is 48.9 Å². The summed E-state index contributed by atoms with van der Waals surface area (Å²) in [7, 11) is 0. The fourth-order valence-electron chi connectivity index (χ4n) is 4.30. The molecule has 1 aromatic heterocycles. The molecule has 0 N–H and O–H groups in total. The van der Waals surface area contributed by atoms with Crippen LogP contribution >= 0.6 is 11.6 Å². The van der Waals surface area contributed by atoms with Crippen molar-refractivity contribution in [3.8, 4) is 11.3 Å². The summed E-state index contributed by atoms with van der Waals surface area (Å²) < 4.78 is 0. The summed E-state index contributed by atoms with van der Waals surface area (Å²) in [6.07, 6.45) is 1.58. The predicted molar refractivity (Wildman–Crippen MR) is 143 cm³/mol. The van der Waals surface area contributed by atoms with Crippen molar-refractivity contribution in [2.24, 2.45) is 0 Å². The molecular formula is C28H32ClN5O2. The Balaban J connectivity index is 1.39. The van der Waals surface area contributed by atoms with E-state index >= 15 is 0 Å². The van der Waals surface area contributed by atoms with Gasteiger partial charge in [0.25, 0.3) is 5.91 Å². The van der Waals surface area contributed by atoms with Crippen LogP contribution in [0, 0.1) is 0 Å². The van der Waals surface area contributed by atoms with Crippen molar-refractivity contribution in [3.05, 3.63) is 77.3 Å². The predicted octanol–water partition coefficient (Wildman–Crippen LogP) is 4.78. The lowest BCUT2D eigenvalue weighted by Crippen LogP contribution is -2.47. The number of halogens is 1. The standard InChI is InChI=1S/C28H32ClN5O2/c1-3-21(2)34(28(36)23-10-12-24(29)13-11-23)20-27(35)33-17-7-16-32(18-19-33)26-15-14-25(30-31-26)22-8-5-4-6-9-22/h4-6,8-15,21H,3,7,16-20H2,1-2H3/t21-/m0/s1. The topological polar surface area (TPSA) is 69.6 Å². The van der Waals surface area contributed by atoms with E-state index in [1.165, 1.54) is 0 Å². The minimum absolute atomic E-state index is 0.0371. The van der Waals surface area contributed by atoms with Gasteiger partial charge in [-0.15, -0.1) is 10.2 Å². The number of carbonyl (C=O) groups excluding carboxylic acids is 2. The van der Waals surface area contributed by atoms with Crippen LogP contribution in [0.1, 0.15) is 37.0 Å². The second-order valence-electron chi connectivity index (χ2n) is 9.06. The molecule has 7 nitrogen and oxygen atoms in total. The summed E-state index contributed by atoms with van der Waals surface area (Å²) in [6, 6.07) is 20.7. The smallest absolute Gasteiger partial charge is 0.254 e. The number of anilines is 1. The maximum atomic E-state index is 13.3. The van der Waals surface area contributed by atoms with Crippen LogP contribution < -0.4 is 4.90 Å². The highest BCUT2D eigenvalue weighted by Gasteiger charge is 2.27. The molecule has 0 bridgehead atoms. The third-order valence-electron chi connectivity index (χ3n) is 6.67. The third kappa shape index (κ3) is 6.21. The summed E-state index contributed by atoms with van der Waals surface area (Å²) in [5, 5.41) is 9.43. The Morgan fingerprint density at radius 3 is 2.36 bits per heavy atom. The first-order chi connectivity index (χ1) is 17.5. The molecule has 0 unspecified atom stereocenters. The number of nitrogens with zero attached hydrogens (tertiary/aromatic N) is 5. The normalized spacial score (nSPS) is 14.8. The molecule has 3 aromatic rings. The molecule has 0 saturated carbocycles.